The maximum absolute atomic E-state index is 13.0. The van der Waals surface area contributed by atoms with Crippen LogP contribution in [0.25, 0.3) is 10.8 Å². The minimum absolute atomic E-state index is 0. The van der Waals surface area contributed by atoms with E-state index in [1.165, 1.54) is 0 Å². The lowest BCUT2D eigenvalue weighted by Crippen LogP contribution is -2.48. The fourth-order valence-electron chi connectivity index (χ4n) is 4.21. The first-order valence-electron chi connectivity index (χ1n) is 10.0. The number of rotatable bonds is 3. The molecule has 0 atom stereocenters. The zero-order valence-electron chi connectivity index (χ0n) is 16.0. The number of likely N-dealkylation sites (tertiary alicyclic amines) is 1. The van der Waals surface area contributed by atoms with Gasteiger partial charge in [0.05, 0.1) is 0 Å². The highest BCUT2D eigenvalue weighted by Crippen LogP contribution is 2.24. The molecule has 0 saturated carbocycles. The first-order valence-corrected chi connectivity index (χ1v) is 10.0. The molecule has 0 radical (unpaired) electrons. The van der Waals surface area contributed by atoms with Gasteiger partial charge < -0.3 is 15.5 Å². The van der Waals surface area contributed by atoms with Crippen molar-refractivity contribution in [1.29, 1.82) is 0 Å². The van der Waals surface area contributed by atoms with Gasteiger partial charge in [-0.2, -0.15) is 0 Å². The lowest BCUT2D eigenvalue weighted by atomic mass is 9.94. The van der Waals surface area contributed by atoms with E-state index < -0.39 is 0 Å². The summed E-state index contributed by atoms with van der Waals surface area (Å²) in [7, 11) is 0. The zero-order valence-corrected chi connectivity index (χ0v) is 16.8. The Morgan fingerprint density at radius 1 is 0.929 bits per heavy atom. The molecule has 28 heavy (non-hydrogen) atoms. The van der Waals surface area contributed by atoms with Gasteiger partial charge in [-0.15, -0.1) is 12.4 Å². The molecule has 2 N–H and O–H groups in total. The quantitative estimate of drug-likeness (QED) is 0.831. The molecule has 2 aromatic carbocycles. The fourth-order valence-corrected chi connectivity index (χ4v) is 4.21. The number of halogens is 1. The van der Waals surface area contributed by atoms with Crippen LogP contribution in [-0.4, -0.2) is 48.9 Å². The van der Waals surface area contributed by atoms with Crippen LogP contribution >= 0.6 is 12.4 Å². The summed E-state index contributed by atoms with van der Waals surface area (Å²) in [5.41, 5.74) is 0.755. The summed E-state index contributed by atoms with van der Waals surface area (Å²) < 4.78 is 0. The maximum atomic E-state index is 13.0. The third-order valence-corrected chi connectivity index (χ3v) is 5.86. The van der Waals surface area contributed by atoms with E-state index in [1.54, 1.807) is 0 Å². The second-order valence-corrected chi connectivity index (χ2v) is 7.63. The molecule has 2 amide bonds. The van der Waals surface area contributed by atoms with Gasteiger partial charge in [-0.3, -0.25) is 9.59 Å². The Morgan fingerprint density at radius 2 is 1.61 bits per heavy atom. The summed E-state index contributed by atoms with van der Waals surface area (Å²) in [4.78, 5) is 27.5. The van der Waals surface area contributed by atoms with E-state index in [-0.39, 0.29) is 30.1 Å². The molecule has 2 aliphatic heterocycles. The number of hydrogen-bond acceptors (Lipinski definition) is 3. The van der Waals surface area contributed by atoms with Gasteiger partial charge in [0.25, 0.3) is 5.91 Å². The molecule has 2 aromatic rings. The average Bonchev–Trinajstić information content (AvgIpc) is 2.73. The van der Waals surface area contributed by atoms with Crippen LogP contribution in [0.3, 0.4) is 0 Å². The van der Waals surface area contributed by atoms with Crippen molar-refractivity contribution in [2.24, 2.45) is 5.92 Å². The molecule has 5 nitrogen and oxygen atoms in total. The molecule has 0 aromatic heterocycles. The van der Waals surface area contributed by atoms with Gasteiger partial charge >= 0.3 is 0 Å². The molecule has 0 aliphatic carbocycles. The molecule has 2 heterocycles. The second-order valence-electron chi connectivity index (χ2n) is 7.63. The number of hydrogen-bond donors (Lipinski definition) is 2. The van der Waals surface area contributed by atoms with Gasteiger partial charge in [-0.1, -0.05) is 36.4 Å². The number of fused-ring (bicyclic) bond motifs is 1. The highest BCUT2D eigenvalue weighted by atomic mass is 35.5. The number of nitrogens with one attached hydrogen (secondary N) is 2. The van der Waals surface area contributed by atoms with Crippen LogP contribution in [0.1, 0.15) is 36.0 Å². The fraction of sp³-hybridized carbons (Fsp3) is 0.455. The Hall–Kier alpha value is -2.11. The van der Waals surface area contributed by atoms with Gasteiger partial charge in [0.1, 0.15) is 0 Å². The van der Waals surface area contributed by atoms with Crippen LogP contribution in [0, 0.1) is 5.92 Å². The Morgan fingerprint density at radius 3 is 2.36 bits per heavy atom. The third kappa shape index (κ3) is 4.47. The van der Waals surface area contributed by atoms with Crippen LogP contribution in [0.4, 0.5) is 0 Å². The van der Waals surface area contributed by atoms with Crippen LogP contribution in [0.2, 0.25) is 0 Å². The highest BCUT2D eigenvalue weighted by molar-refractivity contribution is 6.07. The van der Waals surface area contributed by atoms with Crippen molar-refractivity contribution in [2.45, 2.75) is 31.7 Å². The SMILES string of the molecule is Cl.O=C(NC1CCNCC1)C1CCN(C(=O)c2cccc3ccccc23)CC1. The second kappa shape index (κ2) is 9.39. The van der Waals surface area contributed by atoms with Crippen molar-refractivity contribution in [2.75, 3.05) is 26.2 Å². The molecule has 150 valence electrons. The summed E-state index contributed by atoms with van der Waals surface area (Å²) in [5, 5.41) is 8.60. The Labute approximate surface area is 172 Å². The smallest absolute Gasteiger partial charge is 0.254 e. The number of nitrogens with zero attached hydrogens (tertiary/aromatic N) is 1. The largest absolute Gasteiger partial charge is 0.353 e. The minimum atomic E-state index is 0. The first-order chi connectivity index (χ1) is 13.2. The maximum Gasteiger partial charge on any atom is 0.254 e. The summed E-state index contributed by atoms with van der Waals surface area (Å²) >= 11 is 0. The molecule has 2 fully saturated rings. The molecular formula is C22H28ClN3O2. The van der Waals surface area contributed by atoms with E-state index in [0.29, 0.717) is 19.1 Å². The van der Waals surface area contributed by atoms with E-state index in [0.717, 1.165) is 55.1 Å². The number of carbonyl (C=O) groups excluding carboxylic acids is 2. The average molecular weight is 402 g/mol. The number of piperidine rings is 2. The topological polar surface area (TPSA) is 61.4 Å². The van der Waals surface area contributed by atoms with E-state index in [9.17, 15) is 9.59 Å². The number of carbonyl (C=O) groups is 2. The Kier molecular flexibility index (Phi) is 6.92. The van der Waals surface area contributed by atoms with Crippen molar-refractivity contribution in [3.05, 3.63) is 48.0 Å². The monoisotopic (exact) mass is 401 g/mol. The predicted octanol–water partition coefficient (Wildman–Crippen LogP) is 2.98. The summed E-state index contributed by atoms with van der Waals surface area (Å²) in [5.74, 6) is 0.264. The number of amides is 2. The lowest BCUT2D eigenvalue weighted by Gasteiger charge is -2.33. The standard InChI is InChI=1S/C22H27N3O2.ClH/c26-21(24-18-8-12-23-13-9-18)17-10-14-25(15-11-17)22(27)20-7-3-5-16-4-1-2-6-19(16)20;/h1-7,17-18,23H,8-15H2,(H,24,26);1H. The zero-order chi connectivity index (χ0) is 18.6. The van der Waals surface area contributed by atoms with Crippen molar-refractivity contribution in [1.82, 2.24) is 15.5 Å². The van der Waals surface area contributed by atoms with E-state index >= 15 is 0 Å². The van der Waals surface area contributed by atoms with E-state index in [2.05, 4.69) is 10.6 Å². The third-order valence-electron chi connectivity index (χ3n) is 5.86. The van der Waals surface area contributed by atoms with Gasteiger partial charge in [-0.25, -0.2) is 0 Å². The van der Waals surface area contributed by atoms with Crippen LogP contribution in [-0.2, 0) is 4.79 Å². The molecule has 0 unspecified atom stereocenters. The van der Waals surface area contributed by atoms with Gasteiger partial charge in [-0.05, 0) is 55.6 Å². The van der Waals surface area contributed by atoms with Crippen molar-refractivity contribution in [3.8, 4) is 0 Å². The van der Waals surface area contributed by atoms with Gasteiger partial charge in [0, 0.05) is 30.6 Å². The van der Waals surface area contributed by atoms with Crippen LogP contribution in [0.5, 0.6) is 0 Å². The van der Waals surface area contributed by atoms with Crippen LogP contribution in [0.15, 0.2) is 42.5 Å². The summed E-state index contributed by atoms with van der Waals surface area (Å²) in [6, 6.07) is 14.2. The van der Waals surface area contributed by atoms with Crippen molar-refractivity contribution < 1.29 is 9.59 Å². The lowest BCUT2D eigenvalue weighted by molar-refractivity contribution is -0.127. The van der Waals surface area contributed by atoms with Gasteiger partial charge in [0.15, 0.2) is 0 Å². The van der Waals surface area contributed by atoms with Gasteiger partial charge in [0.2, 0.25) is 5.91 Å². The molecule has 6 heteroatoms. The summed E-state index contributed by atoms with van der Waals surface area (Å²) in [6.07, 6.45) is 3.49. The van der Waals surface area contributed by atoms with Crippen molar-refractivity contribution >= 4 is 35.0 Å². The molecule has 2 aliphatic rings. The normalized spacial score (nSPS) is 18.5. The number of benzene rings is 2. The molecule has 0 bridgehead atoms. The van der Waals surface area contributed by atoms with Crippen molar-refractivity contribution in [3.63, 3.8) is 0 Å². The Balaban J connectivity index is 0.00000225. The van der Waals surface area contributed by atoms with Crippen LogP contribution < -0.4 is 10.6 Å². The van der Waals surface area contributed by atoms with E-state index in [1.807, 2.05) is 47.4 Å². The van der Waals surface area contributed by atoms with E-state index in [4.69, 9.17) is 0 Å². The highest BCUT2D eigenvalue weighted by Gasteiger charge is 2.29. The first kappa shape index (κ1) is 20.6. The molecular weight excluding hydrogens is 374 g/mol. The molecule has 0 spiro atoms. The predicted molar refractivity (Wildman–Crippen MR) is 114 cm³/mol. The molecule has 4 rings (SSSR count). The summed E-state index contributed by atoms with van der Waals surface area (Å²) in [6.45, 7) is 3.24. The molecule has 2 saturated heterocycles. The Bertz CT molecular complexity index is 822. The minimum Gasteiger partial charge on any atom is -0.353 e.